The first kappa shape index (κ1) is 28.1. The Morgan fingerprint density at radius 2 is 1.90 bits per heavy atom. The molecule has 1 aliphatic heterocycles. The third-order valence-corrected chi connectivity index (χ3v) is 3.98. The molecule has 2 unspecified atom stereocenters. The Bertz CT molecular complexity index is 591. The molecule has 2 atom stereocenters. The van der Waals surface area contributed by atoms with Gasteiger partial charge >= 0.3 is 12.1 Å². The fraction of sp³-hybridized carbons (Fsp3) is 0.739. The maximum atomic E-state index is 13.1. The van der Waals surface area contributed by atoms with Crippen molar-refractivity contribution in [2.45, 2.75) is 92.1 Å². The largest absolute Gasteiger partial charge is 0.458 e. The lowest BCUT2D eigenvalue weighted by atomic mass is 9.86. The maximum Gasteiger partial charge on any atom is 0.408 e. The van der Waals surface area contributed by atoms with Crippen molar-refractivity contribution >= 4 is 12.1 Å². The minimum atomic E-state index is -1.38. The van der Waals surface area contributed by atoms with Crippen LogP contribution < -0.4 is 5.32 Å². The highest BCUT2D eigenvalue weighted by Crippen LogP contribution is 2.28. The van der Waals surface area contributed by atoms with Crippen LogP contribution in [0.4, 0.5) is 4.79 Å². The average Bonchev–Trinajstić information content (AvgIpc) is 2.65. The summed E-state index contributed by atoms with van der Waals surface area (Å²) in [6, 6.07) is 0. The number of rotatable bonds is 7. The summed E-state index contributed by atoms with van der Waals surface area (Å²) in [6.07, 6.45) is 4.29. The lowest BCUT2D eigenvalue weighted by Gasteiger charge is -2.42. The summed E-state index contributed by atoms with van der Waals surface area (Å²) in [5, 5.41) is 2.73. The van der Waals surface area contributed by atoms with E-state index in [0.717, 1.165) is 5.57 Å². The zero-order valence-corrected chi connectivity index (χ0v) is 20.2. The van der Waals surface area contributed by atoms with Crippen LogP contribution in [0.2, 0.25) is 0 Å². The molecular formula is C23H41NO6. The van der Waals surface area contributed by atoms with Crippen LogP contribution in [0.15, 0.2) is 23.8 Å². The number of carbonyl (C=O) groups is 2. The highest BCUT2D eigenvalue weighted by molar-refractivity contribution is 5.87. The van der Waals surface area contributed by atoms with Crippen molar-refractivity contribution in [3.63, 3.8) is 0 Å². The van der Waals surface area contributed by atoms with E-state index >= 15 is 0 Å². The van der Waals surface area contributed by atoms with Crippen molar-refractivity contribution < 1.29 is 28.5 Å². The molecule has 1 heterocycles. The van der Waals surface area contributed by atoms with Crippen molar-refractivity contribution in [3.8, 4) is 0 Å². The molecule has 0 aromatic rings. The first-order valence-corrected chi connectivity index (χ1v) is 10.7. The average molecular weight is 428 g/mol. The number of amides is 1. The zero-order valence-electron chi connectivity index (χ0n) is 20.2. The number of nitrogens with one attached hydrogen (secondary N) is 1. The molecule has 1 fully saturated rings. The lowest BCUT2D eigenvalue weighted by Crippen LogP contribution is -2.67. The summed E-state index contributed by atoms with van der Waals surface area (Å²) in [5.74, 6) is -0.552. The van der Waals surface area contributed by atoms with Crippen molar-refractivity contribution in [1.29, 1.82) is 0 Å². The fourth-order valence-corrected chi connectivity index (χ4v) is 2.68. The van der Waals surface area contributed by atoms with Gasteiger partial charge in [-0.25, -0.2) is 9.59 Å². The van der Waals surface area contributed by atoms with Gasteiger partial charge in [0.15, 0.2) is 5.54 Å². The number of alkyl carbamates (subject to hydrolysis) is 1. The quantitative estimate of drug-likeness (QED) is 0.474. The second-order valence-corrected chi connectivity index (χ2v) is 8.22. The minimum absolute atomic E-state index is 0.165. The predicted molar refractivity (Wildman–Crippen MR) is 118 cm³/mol. The van der Waals surface area contributed by atoms with Crippen molar-refractivity contribution in [2.24, 2.45) is 0 Å². The molecule has 0 aromatic heterocycles. The van der Waals surface area contributed by atoms with E-state index in [0.29, 0.717) is 13.2 Å². The van der Waals surface area contributed by atoms with E-state index in [1.165, 1.54) is 0 Å². The van der Waals surface area contributed by atoms with E-state index in [2.05, 4.69) is 5.32 Å². The summed E-state index contributed by atoms with van der Waals surface area (Å²) in [6.45, 7) is 17.5. The van der Waals surface area contributed by atoms with E-state index in [-0.39, 0.29) is 19.1 Å². The van der Waals surface area contributed by atoms with Crippen LogP contribution in [0, 0.1) is 0 Å². The SMILES string of the molecule is C/C=C\C=C(/C)COC1COCCC1(NC(=O)OC(C)C)C(=O)OC(C)(C)C.CC. The third-order valence-electron chi connectivity index (χ3n) is 3.98. The molecule has 1 saturated heterocycles. The number of allylic oxidation sites excluding steroid dienone is 3. The molecule has 1 aliphatic rings. The molecule has 1 N–H and O–H groups in total. The highest BCUT2D eigenvalue weighted by atomic mass is 16.6. The normalized spacial score (nSPS) is 22.3. The Morgan fingerprint density at radius 1 is 1.27 bits per heavy atom. The first-order valence-electron chi connectivity index (χ1n) is 10.7. The molecule has 0 bridgehead atoms. The standard InChI is InChI=1S/C21H35NO6.C2H6/c1-8-9-10-16(4)13-26-17-14-25-12-11-21(17,18(23)28-20(5,6)7)22-19(24)27-15(2)3;1-2/h8-10,15,17H,11-14H2,1-7H3,(H,22,24);1-2H3/b9-8-,16-10+;. The van der Waals surface area contributed by atoms with Gasteiger partial charge in [-0.2, -0.15) is 0 Å². The number of carbonyl (C=O) groups excluding carboxylic acids is 2. The maximum absolute atomic E-state index is 13.1. The lowest BCUT2D eigenvalue weighted by molar-refractivity contribution is -0.181. The fourth-order valence-electron chi connectivity index (χ4n) is 2.68. The minimum Gasteiger partial charge on any atom is -0.458 e. The molecule has 0 aliphatic carbocycles. The van der Waals surface area contributed by atoms with Crippen LogP contribution in [0.3, 0.4) is 0 Å². The summed E-state index contributed by atoms with van der Waals surface area (Å²) in [7, 11) is 0. The van der Waals surface area contributed by atoms with Gasteiger partial charge in [0.1, 0.15) is 11.7 Å². The van der Waals surface area contributed by atoms with Gasteiger partial charge in [-0.1, -0.05) is 32.1 Å². The van der Waals surface area contributed by atoms with Gasteiger partial charge < -0.3 is 24.3 Å². The molecule has 7 nitrogen and oxygen atoms in total. The molecule has 0 saturated carbocycles. The van der Waals surface area contributed by atoms with Gasteiger partial charge in [0, 0.05) is 13.0 Å². The van der Waals surface area contributed by atoms with E-state index in [4.69, 9.17) is 18.9 Å². The number of hydrogen-bond donors (Lipinski definition) is 1. The van der Waals surface area contributed by atoms with Crippen LogP contribution in [0.25, 0.3) is 0 Å². The van der Waals surface area contributed by atoms with Gasteiger partial charge in [0.05, 0.1) is 19.3 Å². The topological polar surface area (TPSA) is 83.1 Å². The van der Waals surface area contributed by atoms with Crippen LogP contribution in [-0.2, 0) is 23.7 Å². The molecule has 1 rings (SSSR count). The summed E-state index contributed by atoms with van der Waals surface area (Å²) in [4.78, 5) is 25.5. The number of esters is 1. The smallest absolute Gasteiger partial charge is 0.408 e. The van der Waals surface area contributed by atoms with Gasteiger partial charge in [-0.3, -0.25) is 0 Å². The van der Waals surface area contributed by atoms with Crippen LogP contribution >= 0.6 is 0 Å². The van der Waals surface area contributed by atoms with Gasteiger partial charge in [-0.15, -0.1) is 0 Å². The molecule has 174 valence electrons. The van der Waals surface area contributed by atoms with Crippen LogP contribution in [-0.4, -0.2) is 55.2 Å². The van der Waals surface area contributed by atoms with E-state index in [1.807, 2.05) is 45.9 Å². The summed E-state index contributed by atoms with van der Waals surface area (Å²) in [5.41, 5.74) is -1.11. The van der Waals surface area contributed by atoms with Crippen molar-refractivity contribution in [2.75, 3.05) is 19.8 Å². The van der Waals surface area contributed by atoms with Crippen molar-refractivity contribution in [3.05, 3.63) is 23.8 Å². The van der Waals surface area contributed by atoms with E-state index in [1.54, 1.807) is 34.6 Å². The Balaban J connectivity index is 0.00000407. The zero-order chi connectivity index (χ0) is 23.4. The van der Waals surface area contributed by atoms with E-state index < -0.39 is 29.3 Å². The Morgan fingerprint density at radius 3 is 2.43 bits per heavy atom. The molecule has 30 heavy (non-hydrogen) atoms. The van der Waals surface area contributed by atoms with Crippen LogP contribution in [0.1, 0.15) is 68.7 Å². The second kappa shape index (κ2) is 13.4. The highest BCUT2D eigenvalue weighted by Gasteiger charge is 2.52. The predicted octanol–water partition coefficient (Wildman–Crippen LogP) is 4.56. The Hall–Kier alpha value is -1.86. The monoisotopic (exact) mass is 427 g/mol. The Kier molecular flexibility index (Phi) is 12.6. The van der Waals surface area contributed by atoms with Crippen LogP contribution in [0.5, 0.6) is 0 Å². The molecule has 0 spiro atoms. The molecule has 0 aromatic carbocycles. The molecule has 7 heteroatoms. The van der Waals surface area contributed by atoms with Gasteiger partial charge in [0.2, 0.25) is 0 Å². The van der Waals surface area contributed by atoms with Gasteiger partial charge in [-0.05, 0) is 54.0 Å². The second-order valence-electron chi connectivity index (χ2n) is 8.22. The third kappa shape index (κ3) is 9.76. The van der Waals surface area contributed by atoms with Crippen molar-refractivity contribution in [1.82, 2.24) is 5.32 Å². The van der Waals surface area contributed by atoms with E-state index in [9.17, 15) is 9.59 Å². The van der Waals surface area contributed by atoms with Gasteiger partial charge in [0.25, 0.3) is 0 Å². The Labute approximate surface area is 182 Å². The summed E-state index contributed by atoms with van der Waals surface area (Å²) >= 11 is 0. The molecule has 0 radical (unpaired) electrons. The molecule has 1 amide bonds. The number of hydrogen-bond acceptors (Lipinski definition) is 6. The summed E-state index contributed by atoms with van der Waals surface area (Å²) < 4.78 is 22.4. The molecular weight excluding hydrogens is 386 g/mol. The first-order chi connectivity index (χ1) is 14.0. The number of ether oxygens (including phenoxy) is 4.